The van der Waals surface area contributed by atoms with Crippen molar-refractivity contribution in [2.45, 2.75) is 25.6 Å². The van der Waals surface area contributed by atoms with Gasteiger partial charge in [0.15, 0.2) is 0 Å². The monoisotopic (exact) mass is 364 g/mol. The summed E-state index contributed by atoms with van der Waals surface area (Å²) in [5, 5.41) is 9.39. The van der Waals surface area contributed by atoms with Gasteiger partial charge in [-0.2, -0.15) is 0 Å². The molecule has 26 heavy (non-hydrogen) atoms. The SMILES string of the molecule is OCCC1CN(Cc2cc(F)cc(F)c2)CCN1Cc1ccc(F)cc1. The minimum atomic E-state index is -0.568. The standard InChI is InChI=1S/C20H23F3N2O/c21-17-3-1-15(2-4-17)13-25-7-6-24(14-20(25)5-8-26)12-16-9-18(22)11-19(23)10-16/h1-4,9-11,20,26H,5-8,12-14H2. The number of benzene rings is 2. The Morgan fingerprint density at radius 1 is 0.846 bits per heavy atom. The molecule has 0 aromatic heterocycles. The van der Waals surface area contributed by atoms with Gasteiger partial charge in [0.25, 0.3) is 0 Å². The lowest BCUT2D eigenvalue weighted by Gasteiger charge is -2.41. The van der Waals surface area contributed by atoms with Crippen LogP contribution in [0.15, 0.2) is 42.5 Å². The van der Waals surface area contributed by atoms with Crippen molar-refractivity contribution in [2.24, 2.45) is 0 Å². The summed E-state index contributed by atoms with van der Waals surface area (Å²) < 4.78 is 39.8. The molecule has 0 saturated carbocycles. The van der Waals surface area contributed by atoms with Crippen molar-refractivity contribution in [3.8, 4) is 0 Å². The summed E-state index contributed by atoms with van der Waals surface area (Å²) in [6, 6.07) is 10.2. The molecule has 1 unspecified atom stereocenters. The van der Waals surface area contributed by atoms with Crippen molar-refractivity contribution in [2.75, 3.05) is 26.2 Å². The molecule has 6 heteroatoms. The number of aliphatic hydroxyl groups is 1. The van der Waals surface area contributed by atoms with Crippen LogP contribution in [0.2, 0.25) is 0 Å². The molecule has 2 aromatic carbocycles. The third-order valence-corrected chi connectivity index (χ3v) is 4.78. The summed E-state index contributed by atoms with van der Waals surface area (Å²) in [7, 11) is 0. The molecule has 1 aliphatic rings. The maximum atomic E-state index is 13.4. The van der Waals surface area contributed by atoms with E-state index < -0.39 is 11.6 Å². The molecule has 0 aliphatic carbocycles. The van der Waals surface area contributed by atoms with Crippen molar-refractivity contribution in [1.82, 2.24) is 9.80 Å². The van der Waals surface area contributed by atoms with Crippen molar-refractivity contribution < 1.29 is 18.3 Å². The molecule has 3 rings (SSSR count). The highest BCUT2D eigenvalue weighted by Crippen LogP contribution is 2.19. The van der Waals surface area contributed by atoms with Crippen LogP contribution in [-0.4, -0.2) is 47.2 Å². The number of aliphatic hydroxyl groups excluding tert-OH is 1. The van der Waals surface area contributed by atoms with Gasteiger partial charge in [0.2, 0.25) is 0 Å². The second-order valence-electron chi connectivity index (χ2n) is 6.78. The van der Waals surface area contributed by atoms with Gasteiger partial charge in [0, 0.05) is 51.4 Å². The molecule has 140 valence electrons. The summed E-state index contributed by atoms with van der Waals surface area (Å²) in [5.74, 6) is -1.39. The molecule has 0 radical (unpaired) electrons. The largest absolute Gasteiger partial charge is 0.396 e. The molecule has 1 saturated heterocycles. The Bertz CT molecular complexity index is 703. The van der Waals surface area contributed by atoms with Crippen LogP contribution in [0.3, 0.4) is 0 Å². The van der Waals surface area contributed by atoms with Crippen LogP contribution in [-0.2, 0) is 13.1 Å². The van der Waals surface area contributed by atoms with E-state index in [-0.39, 0.29) is 18.5 Å². The molecular formula is C20H23F3N2O. The Balaban J connectivity index is 1.64. The van der Waals surface area contributed by atoms with Crippen LogP contribution in [0.5, 0.6) is 0 Å². The van der Waals surface area contributed by atoms with Gasteiger partial charge >= 0.3 is 0 Å². The summed E-state index contributed by atoms with van der Waals surface area (Å²) in [6.07, 6.45) is 0.620. The molecule has 0 bridgehead atoms. The third-order valence-electron chi connectivity index (χ3n) is 4.78. The maximum absolute atomic E-state index is 13.4. The number of halogens is 3. The Morgan fingerprint density at radius 3 is 2.19 bits per heavy atom. The average molecular weight is 364 g/mol. The minimum Gasteiger partial charge on any atom is -0.396 e. The lowest BCUT2D eigenvalue weighted by atomic mass is 10.1. The van der Waals surface area contributed by atoms with E-state index in [0.717, 1.165) is 24.7 Å². The normalized spacial score (nSPS) is 19.0. The Labute approximate surface area is 151 Å². The zero-order valence-electron chi connectivity index (χ0n) is 14.5. The van der Waals surface area contributed by atoms with E-state index in [0.29, 0.717) is 31.6 Å². The van der Waals surface area contributed by atoms with Gasteiger partial charge in [-0.1, -0.05) is 12.1 Å². The second kappa shape index (κ2) is 8.66. The van der Waals surface area contributed by atoms with Crippen molar-refractivity contribution >= 4 is 0 Å². The van der Waals surface area contributed by atoms with E-state index in [1.54, 1.807) is 12.1 Å². The number of hydrogen-bond donors (Lipinski definition) is 1. The van der Waals surface area contributed by atoms with Crippen LogP contribution in [0.1, 0.15) is 17.5 Å². The third kappa shape index (κ3) is 5.06. The number of rotatable bonds is 6. The van der Waals surface area contributed by atoms with Crippen LogP contribution in [0.25, 0.3) is 0 Å². The first-order chi connectivity index (χ1) is 12.5. The first kappa shape index (κ1) is 18.9. The van der Waals surface area contributed by atoms with Crippen LogP contribution in [0.4, 0.5) is 13.2 Å². The molecule has 3 nitrogen and oxygen atoms in total. The van der Waals surface area contributed by atoms with Gasteiger partial charge in [-0.15, -0.1) is 0 Å². The Kier molecular flexibility index (Phi) is 6.29. The van der Waals surface area contributed by atoms with Gasteiger partial charge in [-0.25, -0.2) is 13.2 Å². The van der Waals surface area contributed by atoms with Gasteiger partial charge in [0.05, 0.1) is 0 Å². The summed E-state index contributed by atoms with van der Waals surface area (Å²) in [5.41, 5.74) is 1.63. The highest BCUT2D eigenvalue weighted by Gasteiger charge is 2.26. The highest BCUT2D eigenvalue weighted by atomic mass is 19.1. The lowest BCUT2D eigenvalue weighted by Crippen LogP contribution is -2.52. The number of piperazine rings is 1. The van der Waals surface area contributed by atoms with Crippen LogP contribution >= 0.6 is 0 Å². The molecule has 1 heterocycles. The average Bonchev–Trinajstić information content (AvgIpc) is 2.58. The van der Waals surface area contributed by atoms with E-state index in [1.807, 2.05) is 0 Å². The fraction of sp³-hybridized carbons (Fsp3) is 0.400. The quantitative estimate of drug-likeness (QED) is 0.853. The topological polar surface area (TPSA) is 26.7 Å². The van der Waals surface area contributed by atoms with Gasteiger partial charge in [-0.3, -0.25) is 9.80 Å². The van der Waals surface area contributed by atoms with E-state index in [4.69, 9.17) is 0 Å². The smallest absolute Gasteiger partial charge is 0.126 e. The van der Waals surface area contributed by atoms with E-state index in [2.05, 4.69) is 9.80 Å². The van der Waals surface area contributed by atoms with Crippen molar-refractivity contribution in [3.63, 3.8) is 0 Å². The van der Waals surface area contributed by atoms with Gasteiger partial charge in [-0.05, 0) is 41.8 Å². The molecule has 1 N–H and O–H groups in total. The van der Waals surface area contributed by atoms with E-state index in [1.165, 1.54) is 24.3 Å². The molecule has 1 atom stereocenters. The summed E-state index contributed by atoms with van der Waals surface area (Å²) in [4.78, 5) is 4.42. The molecule has 2 aromatic rings. The maximum Gasteiger partial charge on any atom is 0.126 e. The van der Waals surface area contributed by atoms with Crippen LogP contribution < -0.4 is 0 Å². The fourth-order valence-corrected chi connectivity index (χ4v) is 3.52. The first-order valence-electron chi connectivity index (χ1n) is 8.80. The molecular weight excluding hydrogens is 341 g/mol. The minimum absolute atomic E-state index is 0.0764. The molecule has 1 aliphatic heterocycles. The molecule has 1 fully saturated rings. The Morgan fingerprint density at radius 2 is 1.54 bits per heavy atom. The van der Waals surface area contributed by atoms with E-state index in [9.17, 15) is 18.3 Å². The summed E-state index contributed by atoms with van der Waals surface area (Å²) in [6.45, 7) is 3.49. The molecule has 0 amide bonds. The van der Waals surface area contributed by atoms with Crippen molar-refractivity contribution in [3.05, 3.63) is 71.0 Å². The second-order valence-corrected chi connectivity index (χ2v) is 6.78. The van der Waals surface area contributed by atoms with Crippen LogP contribution in [0, 0.1) is 17.5 Å². The molecule has 0 spiro atoms. The lowest BCUT2D eigenvalue weighted by molar-refractivity contribution is 0.0499. The fourth-order valence-electron chi connectivity index (χ4n) is 3.52. The zero-order chi connectivity index (χ0) is 18.5. The van der Waals surface area contributed by atoms with Crippen molar-refractivity contribution in [1.29, 1.82) is 0 Å². The number of hydrogen-bond acceptors (Lipinski definition) is 3. The predicted octanol–water partition coefficient (Wildman–Crippen LogP) is 3.17. The van der Waals surface area contributed by atoms with E-state index >= 15 is 0 Å². The number of nitrogens with zero attached hydrogens (tertiary/aromatic N) is 2. The van der Waals surface area contributed by atoms with Gasteiger partial charge < -0.3 is 5.11 Å². The van der Waals surface area contributed by atoms with Gasteiger partial charge in [0.1, 0.15) is 17.5 Å². The summed E-state index contributed by atoms with van der Waals surface area (Å²) >= 11 is 0. The predicted molar refractivity (Wildman–Crippen MR) is 93.9 cm³/mol. The first-order valence-corrected chi connectivity index (χ1v) is 8.80. The highest BCUT2D eigenvalue weighted by molar-refractivity contribution is 5.18. The zero-order valence-corrected chi connectivity index (χ0v) is 14.5. The Hall–Kier alpha value is -1.89.